The molecule has 144 valence electrons. The molecule has 2 aliphatic rings. The van der Waals surface area contributed by atoms with Crippen LogP contribution in [0.2, 0.25) is 0 Å². The SMILES string of the molecule is Cc1ccccc1CN1CCN(C(=O)c2cn(C3CCNCC3)nn2)CC1. The number of aryl methyl sites for hydroxylation is 1. The number of aromatic nitrogens is 3. The van der Waals surface area contributed by atoms with Crippen molar-refractivity contribution in [2.75, 3.05) is 39.3 Å². The Morgan fingerprint density at radius 2 is 1.89 bits per heavy atom. The van der Waals surface area contributed by atoms with Crippen LogP contribution in [-0.4, -0.2) is 70.0 Å². The molecule has 27 heavy (non-hydrogen) atoms. The number of rotatable bonds is 4. The molecule has 0 aliphatic carbocycles. The molecule has 1 aromatic heterocycles. The van der Waals surface area contributed by atoms with E-state index in [4.69, 9.17) is 0 Å². The van der Waals surface area contributed by atoms with E-state index in [1.54, 1.807) is 0 Å². The van der Waals surface area contributed by atoms with Crippen LogP contribution in [0.3, 0.4) is 0 Å². The van der Waals surface area contributed by atoms with Gasteiger partial charge in [0.1, 0.15) is 0 Å². The zero-order valence-electron chi connectivity index (χ0n) is 16.0. The maximum atomic E-state index is 12.8. The fourth-order valence-corrected chi connectivity index (χ4v) is 3.92. The highest BCUT2D eigenvalue weighted by atomic mass is 16.2. The first-order valence-corrected chi connectivity index (χ1v) is 9.89. The van der Waals surface area contributed by atoms with Crippen molar-refractivity contribution in [3.8, 4) is 0 Å². The molecular weight excluding hydrogens is 340 g/mol. The monoisotopic (exact) mass is 368 g/mol. The highest BCUT2D eigenvalue weighted by Gasteiger charge is 2.25. The van der Waals surface area contributed by atoms with Gasteiger partial charge in [0, 0.05) is 32.7 Å². The third kappa shape index (κ3) is 4.20. The lowest BCUT2D eigenvalue weighted by molar-refractivity contribution is 0.0622. The van der Waals surface area contributed by atoms with Gasteiger partial charge in [-0.2, -0.15) is 0 Å². The molecular formula is C20H28N6O. The van der Waals surface area contributed by atoms with Crippen LogP contribution in [0.5, 0.6) is 0 Å². The van der Waals surface area contributed by atoms with Gasteiger partial charge >= 0.3 is 0 Å². The van der Waals surface area contributed by atoms with E-state index in [9.17, 15) is 4.79 Å². The lowest BCUT2D eigenvalue weighted by Gasteiger charge is -2.34. The van der Waals surface area contributed by atoms with Crippen molar-refractivity contribution in [3.05, 3.63) is 47.3 Å². The van der Waals surface area contributed by atoms with Crippen LogP contribution in [0.4, 0.5) is 0 Å². The molecule has 2 aromatic rings. The lowest BCUT2D eigenvalue weighted by Crippen LogP contribution is -2.48. The van der Waals surface area contributed by atoms with Crippen LogP contribution < -0.4 is 5.32 Å². The smallest absolute Gasteiger partial charge is 0.276 e. The normalized spacial score (nSPS) is 19.4. The number of nitrogens with zero attached hydrogens (tertiary/aromatic N) is 5. The number of carbonyl (C=O) groups excluding carboxylic acids is 1. The van der Waals surface area contributed by atoms with Crippen molar-refractivity contribution in [1.29, 1.82) is 0 Å². The fourth-order valence-electron chi connectivity index (χ4n) is 3.92. The summed E-state index contributed by atoms with van der Waals surface area (Å²) >= 11 is 0. The summed E-state index contributed by atoms with van der Waals surface area (Å²) in [5, 5.41) is 11.7. The molecule has 7 heteroatoms. The molecule has 1 amide bonds. The van der Waals surface area contributed by atoms with Gasteiger partial charge in [-0.1, -0.05) is 29.5 Å². The summed E-state index contributed by atoms with van der Waals surface area (Å²) in [5.41, 5.74) is 3.16. The quantitative estimate of drug-likeness (QED) is 0.885. The maximum absolute atomic E-state index is 12.8. The lowest BCUT2D eigenvalue weighted by atomic mass is 10.1. The Labute approximate surface area is 160 Å². The highest BCUT2D eigenvalue weighted by molar-refractivity contribution is 5.92. The van der Waals surface area contributed by atoms with Crippen LogP contribution in [0.15, 0.2) is 30.5 Å². The van der Waals surface area contributed by atoms with Gasteiger partial charge in [-0.3, -0.25) is 9.69 Å². The van der Waals surface area contributed by atoms with Crippen LogP contribution in [0.1, 0.15) is 40.5 Å². The molecule has 0 spiro atoms. The van der Waals surface area contributed by atoms with Gasteiger partial charge < -0.3 is 10.2 Å². The van der Waals surface area contributed by atoms with E-state index >= 15 is 0 Å². The van der Waals surface area contributed by atoms with Crippen molar-refractivity contribution in [2.45, 2.75) is 32.4 Å². The molecule has 1 N–H and O–H groups in total. The predicted molar refractivity (Wildman–Crippen MR) is 104 cm³/mol. The molecule has 7 nitrogen and oxygen atoms in total. The summed E-state index contributed by atoms with van der Waals surface area (Å²) in [5.74, 6) is 0.00530. The van der Waals surface area contributed by atoms with Crippen molar-refractivity contribution < 1.29 is 4.79 Å². The summed E-state index contributed by atoms with van der Waals surface area (Å²) < 4.78 is 1.88. The van der Waals surface area contributed by atoms with E-state index in [1.165, 1.54) is 11.1 Å². The minimum absolute atomic E-state index is 0.00530. The molecule has 2 saturated heterocycles. The summed E-state index contributed by atoms with van der Waals surface area (Å²) in [6.07, 6.45) is 3.90. The Bertz CT molecular complexity index is 774. The van der Waals surface area contributed by atoms with Crippen LogP contribution in [0.25, 0.3) is 0 Å². The number of piperazine rings is 1. The van der Waals surface area contributed by atoms with Crippen LogP contribution in [-0.2, 0) is 6.54 Å². The molecule has 4 rings (SSSR count). The van der Waals surface area contributed by atoms with Crippen LogP contribution in [0, 0.1) is 6.92 Å². The van der Waals surface area contributed by atoms with Gasteiger partial charge in [0.2, 0.25) is 0 Å². The fraction of sp³-hybridized carbons (Fsp3) is 0.550. The highest BCUT2D eigenvalue weighted by Crippen LogP contribution is 2.18. The number of amides is 1. The maximum Gasteiger partial charge on any atom is 0.276 e. The Kier molecular flexibility index (Phi) is 5.50. The largest absolute Gasteiger partial charge is 0.335 e. The summed E-state index contributed by atoms with van der Waals surface area (Å²) in [7, 11) is 0. The van der Waals surface area contributed by atoms with Crippen molar-refractivity contribution in [2.24, 2.45) is 0 Å². The van der Waals surface area contributed by atoms with E-state index in [1.807, 2.05) is 15.8 Å². The van der Waals surface area contributed by atoms with Crippen molar-refractivity contribution in [3.63, 3.8) is 0 Å². The first-order valence-electron chi connectivity index (χ1n) is 9.89. The number of benzene rings is 1. The Hall–Kier alpha value is -2.25. The molecule has 0 unspecified atom stereocenters. The number of hydrogen-bond donors (Lipinski definition) is 1. The van der Waals surface area contributed by atoms with E-state index in [0.717, 1.165) is 58.7 Å². The molecule has 0 saturated carbocycles. The third-order valence-electron chi connectivity index (χ3n) is 5.73. The first kappa shape index (κ1) is 18.1. The zero-order chi connectivity index (χ0) is 18.6. The Morgan fingerprint density at radius 1 is 1.15 bits per heavy atom. The predicted octanol–water partition coefficient (Wildman–Crippen LogP) is 1.47. The topological polar surface area (TPSA) is 66.3 Å². The van der Waals surface area contributed by atoms with E-state index in [2.05, 4.69) is 51.7 Å². The van der Waals surface area contributed by atoms with Gasteiger partial charge in [0.05, 0.1) is 12.2 Å². The molecule has 0 atom stereocenters. The van der Waals surface area contributed by atoms with E-state index < -0.39 is 0 Å². The number of carbonyl (C=O) groups is 1. The Morgan fingerprint density at radius 3 is 2.63 bits per heavy atom. The minimum atomic E-state index is 0.00530. The van der Waals surface area contributed by atoms with Gasteiger partial charge in [0.15, 0.2) is 5.69 Å². The summed E-state index contributed by atoms with van der Waals surface area (Å²) in [6, 6.07) is 8.86. The molecule has 0 radical (unpaired) electrons. The summed E-state index contributed by atoms with van der Waals surface area (Å²) in [4.78, 5) is 17.1. The molecule has 3 heterocycles. The van der Waals surface area contributed by atoms with Crippen molar-refractivity contribution in [1.82, 2.24) is 30.1 Å². The molecule has 0 bridgehead atoms. The molecule has 1 aromatic carbocycles. The van der Waals surface area contributed by atoms with E-state index in [0.29, 0.717) is 11.7 Å². The van der Waals surface area contributed by atoms with Gasteiger partial charge in [-0.15, -0.1) is 5.10 Å². The standard InChI is InChI=1S/C20H28N6O/c1-16-4-2-3-5-17(16)14-24-10-12-25(13-11-24)20(27)19-15-26(23-22-19)18-6-8-21-9-7-18/h2-5,15,18,21H,6-14H2,1H3. The number of hydrogen-bond acceptors (Lipinski definition) is 5. The molecule has 2 fully saturated rings. The average molecular weight is 368 g/mol. The second kappa shape index (κ2) is 8.19. The Balaban J connectivity index is 1.32. The second-order valence-corrected chi connectivity index (χ2v) is 7.56. The number of piperidine rings is 1. The van der Waals surface area contributed by atoms with E-state index in [-0.39, 0.29) is 5.91 Å². The minimum Gasteiger partial charge on any atom is -0.335 e. The van der Waals surface area contributed by atoms with Crippen LogP contribution >= 0.6 is 0 Å². The molecule has 2 aliphatic heterocycles. The van der Waals surface area contributed by atoms with Gasteiger partial charge in [-0.25, -0.2) is 4.68 Å². The second-order valence-electron chi connectivity index (χ2n) is 7.56. The van der Waals surface area contributed by atoms with Gasteiger partial charge in [-0.05, 0) is 44.0 Å². The van der Waals surface area contributed by atoms with Crippen molar-refractivity contribution >= 4 is 5.91 Å². The zero-order valence-corrected chi connectivity index (χ0v) is 16.0. The number of nitrogens with one attached hydrogen (secondary N) is 1. The summed E-state index contributed by atoms with van der Waals surface area (Å²) in [6.45, 7) is 8.36. The third-order valence-corrected chi connectivity index (χ3v) is 5.73. The average Bonchev–Trinajstić information content (AvgIpc) is 3.21. The van der Waals surface area contributed by atoms with Gasteiger partial charge in [0.25, 0.3) is 5.91 Å². The first-order chi connectivity index (χ1) is 13.2.